The van der Waals surface area contributed by atoms with E-state index in [9.17, 15) is 14.9 Å². The van der Waals surface area contributed by atoms with E-state index in [1.54, 1.807) is 18.0 Å². The Bertz CT molecular complexity index is 492. The number of nitro benzene ring substituents is 1. The Morgan fingerprint density at radius 3 is 2.75 bits per heavy atom. The molecule has 1 saturated carbocycles. The van der Waals surface area contributed by atoms with E-state index in [4.69, 9.17) is 0 Å². The SMILES string of the molecule is CNCC(=O)N(Cc1cccc([N+](=O)[O-])c1)C1CC1.Cl. The molecule has 0 radical (unpaired) electrons. The molecule has 0 atom stereocenters. The van der Waals surface area contributed by atoms with Crippen molar-refractivity contribution in [3.05, 3.63) is 39.9 Å². The molecule has 0 spiro atoms. The molecule has 6 nitrogen and oxygen atoms in total. The third kappa shape index (κ3) is 4.18. The molecule has 1 amide bonds. The number of rotatable bonds is 6. The molecular formula is C13H18ClN3O3. The monoisotopic (exact) mass is 299 g/mol. The van der Waals surface area contributed by atoms with Gasteiger partial charge >= 0.3 is 0 Å². The van der Waals surface area contributed by atoms with Crippen LogP contribution in [0.5, 0.6) is 0 Å². The summed E-state index contributed by atoms with van der Waals surface area (Å²) in [6, 6.07) is 6.75. The minimum absolute atomic E-state index is 0. The summed E-state index contributed by atoms with van der Waals surface area (Å²) >= 11 is 0. The smallest absolute Gasteiger partial charge is 0.269 e. The van der Waals surface area contributed by atoms with Crippen LogP contribution < -0.4 is 5.32 Å². The fourth-order valence-electron chi connectivity index (χ4n) is 2.02. The van der Waals surface area contributed by atoms with Crippen LogP contribution in [0.4, 0.5) is 5.69 Å². The first kappa shape index (κ1) is 16.4. The number of non-ortho nitro benzene ring substituents is 1. The highest BCUT2D eigenvalue weighted by molar-refractivity contribution is 5.85. The Morgan fingerprint density at radius 1 is 1.50 bits per heavy atom. The minimum atomic E-state index is -0.416. The maximum absolute atomic E-state index is 12.0. The highest BCUT2D eigenvalue weighted by Crippen LogP contribution is 2.28. The van der Waals surface area contributed by atoms with Crippen LogP contribution in [-0.4, -0.2) is 35.4 Å². The van der Waals surface area contributed by atoms with Crippen molar-refractivity contribution >= 4 is 24.0 Å². The average molecular weight is 300 g/mol. The van der Waals surface area contributed by atoms with Gasteiger partial charge in [0.1, 0.15) is 0 Å². The molecule has 1 aromatic carbocycles. The molecule has 1 N–H and O–H groups in total. The van der Waals surface area contributed by atoms with E-state index in [1.165, 1.54) is 12.1 Å². The molecule has 20 heavy (non-hydrogen) atoms. The normalized spacial score (nSPS) is 13.4. The number of amides is 1. The number of benzene rings is 1. The van der Waals surface area contributed by atoms with Crippen molar-refractivity contribution in [2.24, 2.45) is 0 Å². The predicted octanol–water partition coefficient (Wildman–Crippen LogP) is 1.73. The van der Waals surface area contributed by atoms with Gasteiger partial charge in [0.15, 0.2) is 0 Å². The molecule has 0 unspecified atom stereocenters. The zero-order valence-electron chi connectivity index (χ0n) is 11.2. The van der Waals surface area contributed by atoms with E-state index in [2.05, 4.69) is 5.32 Å². The maximum atomic E-state index is 12.0. The van der Waals surface area contributed by atoms with Crippen LogP contribution in [0, 0.1) is 10.1 Å². The molecule has 1 fully saturated rings. The number of nitrogens with one attached hydrogen (secondary N) is 1. The lowest BCUT2D eigenvalue weighted by atomic mass is 10.2. The lowest BCUT2D eigenvalue weighted by Crippen LogP contribution is -2.38. The second kappa shape index (κ2) is 7.21. The lowest BCUT2D eigenvalue weighted by Gasteiger charge is -2.22. The van der Waals surface area contributed by atoms with Crippen molar-refractivity contribution in [1.29, 1.82) is 0 Å². The molecule has 0 bridgehead atoms. The van der Waals surface area contributed by atoms with Gasteiger partial charge in [0.2, 0.25) is 5.91 Å². The van der Waals surface area contributed by atoms with Crippen molar-refractivity contribution in [3.63, 3.8) is 0 Å². The minimum Gasteiger partial charge on any atom is -0.334 e. The van der Waals surface area contributed by atoms with Crippen LogP contribution in [0.3, 0.4) is 0 Å². The van der Waals surface area contributed by atoms with E-state index in [-0.39, 0.29) is 24.0 Å². The van der Waals surface area contributed by atoms with E-state index >= 15 is 0 Å². The molecule has 2 rings (SSSR count). The van der Waals surface area contributed by atoms with Gasteiger partial charge in [-0.05, 0) is 25.5 Å². The summed E-state index contributed by atoms with van der Waals surface area (Å²) in [6.45, 7) is 0.734. The molecule has 1 aliphatic carbocycles. The van der Waals surface area contributed by atoms with Crippen molar-refractivity contribution < 1.29 is 9.72 Å². The van der Waals surface area contributed by atoms with Gasteiger partial charge in [0, 0.05) is 24.7 Å². The van der Waals surface area contributed by atoms with E-state index in [0.717, 1.165) is 18.4 Å². The van der Waals surface area contributed by atoms with Gasteiger partial charge in [-0.2, -0.15) is 0 Å². The topological polar surface area (TPSA) is 75.5 Å². The molecule has 1 aromatic rings. The summed E-state index contributed by atoms with van der Waals surface area (Å²) in [5.41, 5.74) is 0.861. The average Bonchev–Trinajstić information content (AvgIpc) is 3.20. The zero-order valence-corrected chi connectivity index (χ0v) is 12.1. The Kier molecular flexibility index (Phi) is 5.91. The molecule has 0 saturated heterocycles. The van der Waals surface area contributed by atoms with Crippen molar-refractivity contribution in [3.8, 4) is 0 Å². The fourth-order valence-corrected chi connectivity index (χ4v) is 2.02. The van der Waals surface area contributed by atoms with Crippen molar-refractivity contribution in [1.82, 2.24) is 10.2 Å². The summed E-state index contributed by atoms with van der Waals surface area (Å²) in [7, 11) is 1.73. The molecule has 7 heteroatoms. The first-order valence-corrected chi connectivity index (χ1v) is 6.29. The van der Waals surface area contributed by atoms with Gasteiger partial charge < -0.3 is 10.2 Å². The largest absolute Gasteiger partial charge is 0.334 e. The number of hydrogen-bond acceptors (Lipinski definition) is 4. The van der Waals surface area contributed by atoms with Crippen molar-refractivity contribution in [2.75, 3.05) is 13.6 Å². The number of nitro groups is 1. The highest BCUT2D eigenvalue weighted by atomic mass is 35.5. The Balaban J connectivity index is 0.00000200. The number of likely N-dealkylation sites (N-methyl/N-ethyl adjacent to an activating group) is 1. The third-order valence-electron chi connectivity index (χ3n) is 3.11. The first-order valence-electron chi connectivity index (χ1n) is 6.29. The van der Waals surface area contributed by atoms with Crippen molar-refractivity contribution in [2.45, 2.75) is 25.4 Å². The maximum Gasteiger partial charge on any atom is 0.269 e. The number of carbonyl (C=O) groups excluding carboxylic acids is 1. The fraction of sp³-hybridized carbons (Fsp3) is 0.462. The Labute approximate surface area is 123 Å². The second-order valence-electron chi connectivity index (χ2n) is 4.71. The Morgan fingerprint density at radius 2 is 2.20 bits per heavy atom. The van der Waals surface area contributed by atoms with Gasteiger partial charge in [-0.15, -0.1) is 12.4 Å². The highest BCUT2D eigenvalue weighted by Gasteiger charge is 2.32. The summed E-state index contributed by atoms with van der Waals surface area (Å²) in [4.78, 5) is 24.1. The van der Waals surface area contributed by atoms with Gasteiger partial charge in [0.05, 0.1) is 11.5 Å². The summed E-state index contributed by atoms with van der Waals surface area (Å²) < 4.78 is 0. The zero-order chi connectivity index (χ0) is 13.8. The third-order valence-corrected chi connectivity index (χ3v) is 3.11. The molecule has 0 aliphatic heterocycles. The van der Waals surface area contributed by atoms with Gasteiger partial charge in [-0.1, -0.05) is 12.1 Å². The molecule has 110 valence electrons. The summed E-state index contributed by atoms with van der Waals surface area (Å²) in [5.74, 6) is 0.0384. The number of nitrogens with zero attached hydrogens (tertiary/aromatic N) is 2. The quantitative estimate of drug-likeness (QED) is 0.641. The molecule has 0 aromatic heterocycles. The van der Waals surface area contributed by atoms with Crippen LogP contribution in [0.2, 0.25) is 0 Å². The first-order chi connectivity index (χ1) is 9.11. The molecular weight excluding hydrogens is 282 g/mol. The number of carbonyl (C=O) groups is 1. The van der Waals surface area contributed by atoms with Crippen LogP contribution in [0.1, 0.15) is 18.4 Å². The van der Waals surface area contributed by atoms with Crippen LogP contribution >= 0.6 is 12.4 Å². The lowest BCUT2D eigenvalue weighted by molar-refractivity contribution is -0.384. The predicted molar refractivity (Wildman–Crippen MR) is 77.8 cm³/mol. The van der Waals surface area contributed by atoms with Crippen LogP contribution in [0.25, 0.3) is 0 Å². The Hall–Kier alpha value is -1.66. The van der Waals surface area contributed by atoms with Crippen LogP contribution in [-0.2, 0) is 11.3 Å². The van der Waals surface area contributed by atoms with E-state index in [0.29, 0.717) is 19.1 Å². The second-order valence-corrected chi connectivity index (χ2v) is 4.71. The van der Waals surface area contributed by atoms with Crippen LogP contribution in [0.15, 0.2) is 24.3 Å². The molecule has 0 heterocycles. The summed E-state index contributed by atoms with van der Waals surface area (Å²) in [6.07, 6.45) is 2.04. The standard InChI is InChI=1S/C13H17N3O3.ClH/c1-14-8-13(17)15(11-5-6-11)9-10-3-2-4-12(7-10)16(18)19;/h2-4,7,11,14H,5-6,8-9H2,1H3;1H. The van der Waals surface area contributed by atoms with E-state index in [1.807, 2.05) is 6.07 Å². The van der Waals surface area contributed by atoms with Gasteiger partial charge in [-0.3, -0.25) is 14.9 Å². The van der Waals surface area contributed by atoms with Gasteiger partial charge in [0.25, 0.3) is 5.69 Å². The number of halogens is 1. The van der Waals surface area contributed by atoms with E-state index < -0.39 is 4.92 Å². The van der Waals surface area contributed by atoms with Gasteiger partial charge in [-0.25, -0.2) is 0 Å². The molecule has 1 aliphatic rings. The summed E-state index contributed by atoms with van der Waals surface area (Å²) in [5, 5.41) is 13.6. The number of hydrogen-bond donors (Lipinski definition) is 1.